The van der Waals surface area contributed by atoms with Gasteiger partial charge in [-0.05, 0) is 73.8 Å². The van der Waals surface area contributed by atoms with Crippen LogP contribution in [0.15, 0.2) is 64.1 Å². The molecule has 3 aromatic rings. The van der Waals surface area contributed by atoms with Gasteiger partial charge in [0.05, 0.1) is 18.3 Å². The zero-order valence-corrected chi connectivity index (χ0v) is 26.0. The topological polar surface area (TPSA) is 125 Å². The lowest BCUT2D eigenvalue weighted by Gasteiger charge is -2.66. The first-order chi connectivity index (χ1) is 21.3. The average molecular weight is 620 g/mol. The predicted molar refractivity (Wildman–Crippen MR) is 161 cm³/mol. The molecule has 0 bridgehead atoms. The van der Waals surface area contributed by atoms with Crippen molar-refractivity contribution in [2.24, 2.45) is 28.6 Å². The molecule has 0 radical (unpaired) electrons. The molecule has 10 heteroatoms. The Bertz CT molecular complexity index is 1690. The number of fused-ring (bicyclic) bond motifs is 4. The Balaban J connectivity index is 1.50. The maximum Gasteiger partial charge on any atom is 0.345 e. The third kappa shape index (κ3) is 5.03. The van der Waals surface area contributed by atoms with E-state index in [4.69, 9.17) is 18.6 Å². The van der Waals surface area contributed by atoms with Crippen molar-refractivity contribution in [3.05, 3.63) is 82.2 Å². The van der Waals surface area contributed by atoms with E-state index in [1.807, 2.05) is 0 Å². The van der Waals surface area contributed by atoms with E-state index < -0.39 is 57.9 Å². The molecule has 0 spiro atoms. The second-order valence-electron chi connectivity index (χ2n) is 13.6. The molecule has 2 unspecified atom stereocenters. The highest BCUT2D eigenvalue weighted by atomic mass is 19.1. The van der Waals surface area contributed by atoms with E-state index in [1.165, 1.54) is 25.1 Å². The molecule has 2 aromatic heterocycles. The van der Waals surface area contributed by atoms with Crippen molar-refractivity contribution in [2.75, 3.05) is 6.61 Å². The summed E-state index contributed by atoms with van der Waals surface area (Å²) in [6.07, 6.45) is 2.70. The number of aromatic nitrogens is 1. The van der Waals surface area contributed by atoms with Gasteiger partial charge in [-0.15, -0.1) is 0 Å². The van der Waals surface area contributed by atoms with Crippen LogP contribution >= 0.6 is 0 Å². The summed E-state index contributed by atoms with van der Waals surface area (Å²) in [7, 11) is 0. The molecule has 0 saturated heterocycles. The molecule has 1 aromatic carbocycles. The first kappa shape index (κ1) is 31.0. The molecule has 9 nitrogen and oxygen atoms in total. The molecular formula is C35H38FNO8. The Morgan fingerprint density at radius 1 is 1.16 bits per heavy atom. The van der Waals surface area contributed by atoms with E-state index in [1.54, 1.807) is 37.5 Å². The summed E-state index contributed by atoms with van der Waals surface area (Å²) in [6.45, 7) is 9.56. The molecule has 3 heterocycles. The van der Waals surface area contributed by atoms with Gasteiger partial charge in [-0.25, -0.2) is 14.0 Å². The third-order valence-corrected chi connectivity index (χ3v) is 11.0. The van der Waals surface area contributed by atoms with Crippen LogP contribution in [0.1, 0.15) is 75.9 Å². The van der Waals surface area contributed by atoms with Gasteiger partial charge in [0.2, 0.25) is 0 Å². The van der Waals surface area contributed by atoms with Crippen molar-refractivity contribution in [3.8, 4) is 17.1 Å². The number of ether oxygens (including phenoxy) is 3. The van der Waals surface area contributed by atoms with Crippen molar-refractivity contribution in [2.45, 2.75) is 71.7 Å². The van der Waals surface area contributed by atoms with Crippen LogP contribution in [0.3, 0.4) is 0 Å². The van der Waals surface area contributed by atoms with Crippen molar-refractivity contribution in [1.82, 2.24) is 4.98 Å². The normalized spacial score (nSPS) is 33.5. The second-order valence-corrected chi connectivity index (χ2v) is 13.6. The number of hydrogen-bond donors (Lipinski definition) is 1. The fourth-order valence-electron chi connectivity index (χ4n) is 8.51. The predicted octanol–water partition coefficient (Wildman–Crippen LogP) is 5.89. The Kier molecular flexibility index (Phi) is 7.62. The minimum Gasteiger partial charge on any atom is -0.482 e. The molecule has 6 rings (SSSR count). The maximum absolute atomic E-state index is 14.1. The molecule has 2 aliphatic carbocycles. The molecule has 1 N–H and O–H groups in total. The summed E-state index contributed by atoms with van der Waals surface area (Å²) in [5, 5.41) is 12.2. The van der Waals surface area contributed by atoms with Crippen LogP contribution < -0.4 is 10.4 Å². The van der Waals surface area contributed by atoms with E-state index in [0.29, 0.717) is 18.4 Å². The zero-order chi connectivity index (χ0) is 32.3. The number of aliphatic hydroxyl groups excluding tert-OH is 1. The number of rotatable bonds is 5. The number of carbonyl (C=O) groups excluding carboxylic acids is 2. The number of nitrogens with zero attached hydrogens (tertiary/aromatic N) is 1. The van der Waals surface area contributed by atoms with Gasteiger partial charge in [-0.3, -0.25) is 9.78 Å². The van der Waals surface area contributed by atoms with E-state index in [2.05, 4.69) is 25.8 Å². The van der Waals surface area contributed by atoms with Crippen molar-refractivity contribution in [3.63, 3.8) is 0 Å². The largest absolute Gasteiger partial charge is 0.482 e. The fraction of sp³-hybridized carbons (Fsp3) is 0.486. The van der Waals surface area contributed by atoms with Crippen LogP contribution in [-0.2, 0) is 14.3 Å². The van der Waals surface area contributed by atoms with E-state index in [0.717, 1.165) is 12.5 Å². The average Bonchev–Trinajstić information content (AvgIpc) is 2.99. The molecule has 8 atom stereocenters. The Morgan fingerprint density at radius 2 is 1.93 bits per heavy atom. The summed E-state index contributed by atoms with van der Waals surface area (Å²) in [5.41, 5.74) is -2.63. The monoisotopic (exact) mass is 619 g/mol. The van der Waals surface area contributed by atoms with Gasteiger partial charge >= 0.3 is 17.6 Å². The fourth-order valence-corrected chi connectivity index (χ4v) is 8.51. The first-order valence-corrected chi connectivity index (χ1v) is 15.3. The molecule has 238 valence electrons. The highest BCUT2D eigenvalue weighted by Crippen LogP contribution is 2.68. The standard InChI is InChI=1S/C35H38FNO8/c1-19-11-12-33(3)26(34(19,4)18-42-20(2)38)16-27(44-31(40)21-8-6-10-23(36)14-21)35(5)30(33)29(39)28-25(45-35)15-24(43-32(28)41)22-9-7-13-37-17-22/h6-10,13-15,17,19,26-27,29-30,39H,11-12,16,18H2,1-5H3/t19-,26?,27-,29-,30?,33-,34+,35+/m0/s1. The van der Waals surface area contributed by atoms with Crippen LogP contribution in [0.5, 0.6) is 5.75 Å². The van der Waals surface area contributed by atoms with E-state index in [9.17, 15) is 23.9 Å². The summed E-state index contributed by atoms with van der Waals surface area (Å²) in [5.74, 6) is -2.18. The van der Waals surface area contributed by atoms with Crippen molar-refractivity contribution in [1.29, 1.82) is 0 Å². The van der Waals surface area contributed by atoms with Crippen LogP contribution in [0, 0.1) is 34.4 Å². The molecule has 2 saturated carbocycles. The SMILES string of the molecule is CC(=O)OC[C@@]1(C)C2C[C@H](OC(=O)c3cccc(F)c3)[C@@]3(C)Oc4cc(-c5cccnc5)oc(=O)c4[C@H](O)C3[C@@]2(C)CC[C@@H]1C. The summed E-state index contributed by atoms with van der Waals surface area (Å²) in [4.78, 5) is 43.2. The van der Waals surface area contributed by atoms with E-state index in [-0.39, 0.29) is 41.1 Å². The summed E-state index contributed by atoms with van der Waals surface area (Å²) in [6, 6.07) is 10.3. The van der Waals surface area contributed by atoms with Gasteiger partial charge in [0.15, 0.2) is 0 Å². The van der Waals surface area contributed by atoms with Crippen LogP contribution in [0.2, 0.25) is 0 Å². The summed E-state index contributed by atoms with van der Waals surface area (Å²) >= 11 is 0. The van der Waals surface area contributed by atoms with E-state index >= 15 is 0 Å². The number of esters is 2. The summed E-state index contributed by atoms with van der Waals surface area (Å²) < 4.78 is 38.3. The molecule has 1 aliphatic heterocycles. The number of halogens is 1. The van der Waals surface area contributed by atoms with Gasteiger partial charge in [-0.2, -0.15) is 0 Å². The van der Waals surface area contributed by atoms with Crippen molar-refractivity contribution < 1.29 is 37.7 Å². The Labute approximate surface area is 260 Å². The molecular weight excluding hydrogens is 581 g/mol. The van der Waals surface area contributed by atoms with Crippen LogP contribution in [-0.4, -0.2) is 40.3 Å². The van der Waals surface area contributed by atoms with Gasteiger partial charge in [0.1, 0.15) is 34.6 Å². The highest BCUT2D eigenvalue weighted by Gasteiger charge is 2.70. The Morgan fingerprint density at radius 3 is 2.62 bits per heavy atom. The lowest BCUT2D eigenvalue weighted by molar-refractivity contribution is -0.257. The zero-order valence-electron chi connectivity index (χ0n) is 26.0. The number of pyridine rings is 1. The number of carbonyl (C=O) groups is 2. The third-order valence-electron chi connectivity index (χ3n) is 11.0. The Hall–Kier alpha value is -4.05. The minimum atomic E-state index is -1.33. The highest BCUT2D eigenvalue weighted by molar-refractivity contribution is 5.89. The van der Waals surface area contributed by atoms with Crippen LogP contribution in [0.4, 0.5) is 4.39 Å². The van der Waals surface area contributed by atoms with Gasteiger partial charge in [-0.1, -0.05) is 26.8 Å². The molecule has 45 heavy (non-hydrogen) atoms. The molecule has 0 amide bonds. The second kappa shape index (κ2) is 11.1. The van der Waals surface area contributed by atoms with Gasteiger partial charge in [0, 0.05) is 42.3 Å². The lowest BCUT2D eigenvalue weighted by atomic mass is 9.41. The van der Waals surface area contributed by atoms with Crippen LogP contribution in [0.25, 0.3) is 11.3 Å². The van der Waals surface area contributed by atoms with Gasteiger partial charge in [0.25, 0.3) is 0 Å². The molecule has 3 aliphatic rings. The smallest absolute Gasteiger partial charge is 0.345 e. The maximum atomic E-state index is 14.1. The number of hydrogen-bond acceptors (Lipinski definition) is 9. The number of benzene rings is 1. The molecule has 2 fully saturated rings. The van der Waals surface area contributed by atoms with Crippen molar-refractivity contribution >= 4 is 11.9 Å². The first-order valence-electron chi connectivity index (χ1n) is 15.3. The number of aliphatic hydroxyl groups is 1. The van der Waals surface area contributed by atoms with Gasteiger partial charge < -0.3 is 23.7 Å². The minimum absolute atomic E-state index is 0.00232. The lowest BCUT2D eigenvalue weighted by Crippen LogP contribution is -2.70. The quantitative estimate of drug-likeness (QED) is 0.348.